The van der Waals surface area contributed by atoms with Crippen LogP contribution < -0.4 is 10.6 Å². The molecule has 0 aromatic heterocycles. The van der Waals surface area contributed by atoms with Gasteiger partial charge in [0.05, 0.1) is 19.8 Å². The summed E-state index contributed by atoms with van der Waals surface area (Å²) in [7, 11) is 0. The van der Waals surface area contributed by atoms with Gasteiger partial charge in [0.15, 0.2) is 0 Å². The van der Waals surface area contributed by atoms with Gasteiger partial charge < -0.3 is 15.4 Å². The second-order valence-electron chi connectivity index (χ2n) is 8.15. The molecule has 0 spiro atoms. The second-order valence-corrected chi connectivity index (χ2v) is 8.15. The lowest BCUT2D eigenvalue weighted by Crippen LogP contribution is -2.35. The number of nitrogens with zero attached hydrogens (tertiary/aromatic N) is 1. The number of amides is 1. The average molecular weight is 418 g/mol. The summed E-state index contributed by atoms with van der Waals surface area (Å²) in [5.74, 6) is 0.00415. The summed E-state index contributed by atoms with van der Waals surface area (Å²) in [6.07, 6.45) is 0. The number of rotatable bonds is 8. The zero-order valence-corrected chi connectivity index (χ0v) is 18.1. The lowest BCUT2D eigenvalue weighted by Gasteiger charge is -2.26. The highest BCUT2D eigenvalue weighted by Gasteiger charge is 2.12. The van der Waals surface area contributed by atoms with Crippen molar-refractivity contribution < 1.29 is 9.53 Å². The van der Waals surface area contributed by atoms with E-state index in [1.54, 1.807) is 0 Å². The first-order chi connectivity index (χ1) is 15.2. The molecule has 1 amide bonds. The Hall–Kier alpha value is -2.73. The summed E-state index contributed by atoms with van der Waals surface area (Å²) in [5, 5.41) is 8.81. The summed E-state index contributed by atoms with van der Waals surface area (Å²) < 4.78 is 5.40. The summed E-state index contributed by atoms with van der Waals surface area (Å²) in [6, 6.07) is 23.2. The van der Waals surface area contributed by atoms with Crippen molar-refractivity contribution >= 4 is 16.7 Å². The van der Waals surface area contributed by atoms with Gasteiger partial charge in [-0.3, -0.25) is 9.69 Å². The summed E-state index contributed by atoms with van der Waals surface area (Å²) in [4.78, 5) is 14.8. The number of ether oxygens (including phenoxy) is 1. The van der Waals surface area contributed by atoms with E-state index < -0.39 is 0 Å². The van der Waals surface area contributed by atoms with Crippen LogP contribution in [0.3, 0.4) is 0 Å². The Labute approximate surface area is 184 Å². The molecule has 0 bridgehead atoms. The Morgan fingerprint density at radius 3 is 2.48 bits per heavy atom. The van der Waals surface area contributed by atoms with Gasteiger partial charge in [-0.2, -0.15) is 0 Å². The molecule has 1 heterocycles. The summed E-state index contributed by atoms with van der Waals surface area (Å²) in [6.45, 7) is 7.49. The Morgan fingerprint density at radius 1 is 0.968 bits per heavy atom. The monoisotopic (exact) mass is 417 g/mol. The van der Waals surface area contributed by atoms with E-state index in [-0.39, 0.29) is 11.9 Å². The first kappa shape index (κ1) is 21.5. The topological polar surface area (TPSA) is 53.6 Å². The normalized spacial score (nSPS) is 15.6. The Morgan fingerprint density at radius 2 is 1.68 bits per heavy atom. The van der Waals surface area contributed by atoms with Crippen LogP contribution in [-0.4, -0.2) is 43.7 Å². The van der Waals surface area contributed by atoms with Crippen molar-refractivity contribution in [3.63, 3.8) is 0 Å². The maximum atomic E-state index is 12.4. The van der Waals surface area contributed by atoms with Crippen molar-refractivity contribution in [3.8, 4) is 0 Å². The van der Waals surface area contributed by atoms with Crippen molar-refractivity contribution in [1.29, 1.82) is 0 Å². The van der Waals surface area contributed by atoms with Crippen molar-refractivity contribution in [1.82, 2.24) is 15.5 Å². The van der Waals surface area contributed by atoms with E-state index in [1.165, 1.54) is 21.9 Å². The molecule has 162 valence electrons. The molecule has 0 unspecified atom stereocenters. The molecule has 1 aliphatic rings. The first-order valence-corrected chi connectivity index (χ1v) is 11.0. The van der Waals surface area contributed by atoms with E-state index in [0.717, 1.165) is 38.4 Å². The average Bonchev–Trinajstić information content (AvgIpc) is 2.82. The van der Waals surface area contributed by atoms with Gasteiger partial charge in [-0.25, -0.2) is 0 Å². The number of hydrogen-bond acceptors (Lipinski definition) is 4. The molecule has 4 rings (SSSR count). The Bertz CT molecular complexity index is 992. The zero-order valence-electron chi connectivity index (χ0n) is 18.1. The van der Waals surface area contributed by atoms with Crippen LogP contribution in [0.1, 0.15) is 29.7 Å². The van der Waals surface area contributed by atoms with Crippen LogP contribution in [-0.2, 0) is 22.6 Å². The maximum Gasteiger partial charge on any atom is 0.234 e. The highest BCUT2D eigenvalue weighted by Crippen LogP contribution is 2.23. The van der Waals surface area contributed by atoms with Gasteiger partial charge in [-0.15, -0.1) is 0 Å². The fourth-order valence-corrected chi connectivity index (χ4v) is 4.03. The molecule has 3 aromatic rings. The minimum Gasteiger partial charge on any atom is -0.379 e. The fourth-order valence-electron chi connectivity index (χ4n) is 4.03. The second kappa shape index (κ2) is 10.5. The molecular weight excluding hydrogens is 386 g/mol. The van der Waals surface area contributed by atoms with Gasteiger partial charge in [-0.05, 0) is 34.4 Å². The van der Waals surface area contributed by atoms with Crippen molar-refractivity contribution in [3.05, 3.63) is 83.4 Å². The third kappa shape index (κ3) is 5.91. The molecule has 1 atom stereocenters. The number of fused-ring (bicyclic) bond motifs is 1. The minimum absolute atomic E-state index is 0.00415. The SMILES string of the molecule is C[C@@H](NCC(=O)NCc1ccc(CN2CCOCC2)cc1)c1cccc2ccccc12. The van der Waals surface area contributed by atoms with E-state index >= 15 is 0 Å². The van der Waals surface area contributed by atoms with E-state index in [4.69, 9.17) is 4.74 Å². The van der Waals surface area contributed by atoms with Gasteiger partial charge in [0.25, 0.3) is 0 Å². The van der Waals surface area contributed by atoms with Crippen LogP contribution >= 0.6 is 0 Å². The van der Waals surface area contributed by atoms with Crippen LogP contribution in [0.2, 0.25) is 0 Å². The lowest BCUT2D eigenvalue weighted by atomic mass is 10.00. The molecule has 5 nitrogen and oxygen atoms in total. The molecule has 0 aliphatic carbocycles. The molecule has 5 heteroatoms. The smallest absolute Gasteiger partial charge is 0.234 e. The molecular formula is C26H31N3O2. The van der Waals surface area contributed by atoms with Gasteiger partial charge in [0, 0.05) is 32.2 Å². The lowest BCUT2D eigenvalue weighted by molar-refractivity contribution is -0.120. The first-order valence-electron chi connectivity index (χ1n) is 11.0. The molecule has 3 aromatic carbocycles. The minimum atomic E-state index is 0.00415. The Balaban J connectivity index is 1.23. The third-order valence-corrected chi connectivity index (χ3v) is 5.88. The van der Waals surface area contributed by atoms with Crippen LogP contribution in [0.5, 0.6) is 0 Å². The highest BCUT2D eigenvalue weighted by atomic mass is 16.5. The largest absolute Gasteiger partial charge is 0.379 e. The molecule has 1 aliphatic heterocycles. The Kier molecular flexibility index (Phi) is 7.30. The quantitative estimate of drug-likeness (QED) is 0.588. The fraction of sp³-hybridized carbons (Fsp3) is 0.346. The van der Waals surface area contributed by atoms with Gasteiger partial charge in [0.1, 0.15) is 0 Å². The van der Waals surface area contributed by atoms with Crippen LogP contribution in [0.15, 0.2) is 66.7 Å². The van der Waals surface area contributed by atoms with Gasteiger partial charge >= 0.3 is 0 Å². The molecule has 2 N–H and O–H groups in total. The summed E-state index contributed by atoms with van der Waals surface area (Å²) >= 11 is 0. The summed E-state index contributed by atoms with van der Waals surface area (Å²) in [5.41, 5.74) is 3.62. The van der Waals surface area contributed by atoms with E-state index in [0.29, 0.717) is 13.1 Å². The molecule has 0 radical (unpaired) electrons. The van der Waals surface area contributed by atoms with Crippen LogP contribution in [0.4, 0.5) is 0 Å². The van der Waals surface area contributed by atoms with Gasteiger partial charge in [0.2, 0.25) is 5.91 Å². The highest BCUT2D eigenvalue weighted by molar-refractivity contribution is 5.86. The van der Waals surface area contributed by atoms with Crippen molar-refractivity contribution in [2.24, 2.45) is 0 Å². The molecule has 1 saturated heterocycles. The maximum absolute atomic E-state index is 12.4. The number of carbonyl (C=O) groups excluding carboxylic acids is 1. The van der Waals surface area contributed by atoms with E-state index in [2.05, 4.69) is 83.1 Å². The van der Waals surface area contributed by atoms with Crippen LogP contribution in [0, 0.1) is 0 Å². The zero-order chi connectivity index (χ0) is 21.5. The van der Waals surface area contributed by atoms with Crippen molar-refractivity contribution in [2.45, 2.75) is 26.1 Å². The van der Waals surface area contributed by atoms with E-state index in [1.807, 2.05) is 6.07 Å². The third-order valence-electron chi connectivity index (χ3n) is 5.88. The predicted molar refractivity (Wildman–Crippen MR) is 125 cm³/mol. The number of benzene rings is 3. The number of nitrogens with one attached hydrogen (secondary N) is 2. The predicted octanol–water partition coefficient (Wildman–Crippen LogP) is 3.64. The standard InChI is InChI=1S/C26H31N3O2/c1-20(24-8-4-6-23-5-2-3-7-25(23)24)27-18-26(30)28-17-21-9-11-22(12-10-21)19-29-13-15-31-16-14-29/h2-12,20,27H,13-19H2,1H3,(H,28,30)/t20-/m1/s1. The molecule has 0 saturated carbocycles. The van der Waals surface area contributed by atoms with Gasteiger partial charge in [-0.1, -0.05) is 66.7 Å². The van der Waals surface area contributed by atoms with Crippen molar-refractivity contribution in [2.75, 3.05) is 32.8 Å². The number of morpholine rings is 1. The number of carbonyl (C=O) groups is 1. The molecule has 31 heavy (non-hydrogen) atoms. The molecule has 1 fully saturated rings. The number of hydrogen-bond donors (Lipinski definition) is 2. The van der Waals surface area contributed by atoms with Crippen LogP contribution in [0.25, 0.3) is 10.8 Å². The van der Waals surface area contributed by atoms with E-state index in [9.17, 15) is 4.79 Å².